The van der Waals surface area contributed by atoms with E-state index < -0.39 is 0 Å². The molecule has 0 unspecified atom stereocenters. The summed E-state index contributed by atoms with van der Waals surface area (Å²) in [6, 6.07) is 9.61. The molecule has 0 aliphatic heterocycles. The molecular formula is C13H10N4S. The van der Waals surface area contributed by atoms with E-state index >= 15 is 0 Å². The molecule has 0 amide bonds. The Balaban J connectivity index is 2.07. The van der Waals surface area contributed by atoms with Crippen molar-refractivity contribution in [2.45, 2.75) is 9.92 Å². The zero-order valence-corrected chi connectivity index (χ0v) is 10.3. The fourth-order valence-electron chi connectivity index (χ4n) is 1.68. The molecule has 0 bridgehead atoms. The first-order valence-electron chi connectivity index (χ1n) is 5.41. The van der Waals surface area contributed by atoms with Crippen LogP contribution in [0.4, 0.5) is 5.69 Å². The smallest absolute Gasteiger partial charge is 0.116 e. The molecule has 0 saturated carbocycles. The molecule has 0 atom stereocenters. The first-order valence-corrected chi connectivity index (χ1v) is 6.23. The van der Waals surface area contributed by atoms with Gasteiger partial charge < -0.3 is 5.73 Å². The lowest BCUT2D eigenvalue weighted by molar-refractivity contribution is 1.05. The number of nitrogen functional groups attached to an aromatic ring is 1. The van der Waals surface area contributed by atoms with E-state index in [1.54, 1.807) is 30.5 Å². The number of fused-ring (bicyclic) bond motifs is 1. The van der Waals surface area contributed by atoms with Gasteiger partial charge >= 0.3 is 0 Å². The summed E-state index contributed by atoms with van der Waals surface area (Å²) in [6.45, 7) is 0. The van der Waals surface area contributed by atoms with E-state index in [1.807, 2.05) is 30.3 Å². The fourth-order valence-corrected chi connectivity index (χ4v) is 2.54. The van der Waals surface area contributed by atoms with Crippen molar-refractivity contribution in [3.63, 3.8) is 0 Å². The predicted octanol–water partition coefficient (Wildman–Crippen LogP) is 2.76. The number of pyridine rings is 1. The predicted molar refractivity (Wildman–Crippen MR) is 72.3 cm³/mol. The van der Waals surface area contributed by atoms with Gasteiger partial charge in [0.1, 0.15) is 11.4 Å². The van der Waals surface area contributed by atoms with Crippen molar-refractivity contribution >= 4 is 28.4 Å². The Bertz CT molecular complexity index is 685. The highest BCUT2D eigenvalue weighted by Gasteiger charge is 2.04. The highest BCUT2D eigenvalue weighted by atomic mass is 32.2. The summed E-state index contributed by atoms with van der Waals surface area (Å²) in [4.78, 5) is 13.5. The van der Waals surface area contributed by atoms with Gasteiger partial charge in [-0.05, 0) is 30.3 Å². The van der Waals surface area contributed by atoms with E-state index in [4.69, 9.17) is 5.73 Å². The van der Waals surface area contributed by atoms with Gasteiger partial charge in [0.2, 0.25) is 0 Å². The van der Waals surface area contributed by atoms with Crippen LogP contribution in [0.15, 0.2) is 59.0 Å². The highest BCUT2D eigenvalue weighted by molar-refractivity contribution is 7.99. The Morgan fingerprint density at radius 3 is 2.78 bits per heavy atom. The van der Waals surface area contributed by atoms with Crippen molar-refractivity contribution in [1.29, 1.82) is 0 Å². The third kappa shape index (κ3) is 2.12. The van der Waals surface area contributed by atoms with Gasteiger partial charge in [0.15, 0.2) is 0 Å². The van der Waals surface area contributed by atoms with Gasteiger partial charge in [0, 0.05) is 28.4 Å². The van der Waals surface area contributed by atoms with E-state index in [0.29, 0.717) is 0 Å². The number of nitrogens with zero attached hydrogens (tertiary/aromatic N) is 3. The maximum atomic E-state index is 5.76. The largest absolute Gasteiger partial charge is 0.399 e. The van der Waals surface area contributed by atoms with Gasteiger partial charge in [-0.15, -0.1) is 0 Å². The van der Waals surface area contributed by atoms with E-state index in [2.05, 4.69) is 15.0 Å². The highest BCUT2D eigenvalue weighted by Crippen LogP contribution is 2.31. The van der Waals surface area contributed by atoms with Crippen LogP contribution in [0.25, 0.3) is 10.9 Å². The van der Waals surface area contributed by atoms with Gasteiger partial charge in [-0.2, -0.15) is 0 Å². The molecule has 4 nitrogen and oxygen atoms in total. The quantitative estimate of drug-likeness (QED) is 0.562. The summed E-state index contributed by atoms with van der Waals surface area (Å²) in [6.07, 6.45) is 5.06. The molecule has 0 fully saturated rings. The molecule has 0 aliphatic carbocycles. The summed E-state index contributed by atoms with van der Waals surface area (Å²) in [7, 11) is 0. The third-order valence-electron chi connectivity index (χ3n) is 2.50. The summed E-state index contributed by atoms with van der Waals surface area (Å²) >= 11 is 1.59. The molecule has 0 spiro atoms. The summed E-state index contributed by atoms with van der Waals surface area (Å²) in [5, 5.41) is 1.99. The van der Waals surface area contributed by atoms with Crippen molar-refractivity contribution in [1.82, 2.24) is 15.0 Å². The van der Waals surface area contributed by atoms with E-state index in [9.17, 15) is 0 Å². The van der Waals surface area contributed by atoms with Crippen molar-refractivity contribution in [2.24, 2.45) is 0 Å². The minimum Gasteiger partial charge on any atom is -0.399 e. The second-order valence-electron chi connectivity index (χ2n) is 3.74. The zero-order valence-electron chi connectivity index (χ0n) is 9.45. The van der Waals surface area contributed by atoms with Crippen LogP contribution in [0.1, 0.15) is 0 Å². The fraction of sp³-hybridized carbons (Fsp3) is 0. The van der Waals surface area contributed by atoms with E-state index in [0.717, 1.165) is 26.5 Å². The van der Waals surface area contributed by atoms with E-state index in [1.165, 1.54) is 0 Å². The monoisotopic (exact) mass is 254 g/mol. The number of hydrogen-bond acceptors (Lipinski definition) is 5. The maximum Gasteiger partial charge on any atom is 0.116 e. The summed E-state index contributed by atoms with van der Waals surface area (Å²) in [5.41, 5.74) is 7.38. The van der Waals surface area contributed by atoms with Crippen LogP contribution >= 0.6 is 11.8 Å². The van der Waals surface area contributed by atoms with Crippen LogP contribution in [0.5, 0.6) is 0 Å². The Labute approximate surface area is 108 Å². The van der Waals surface area contributed by atoms with Crippen molar-refractivity contribution < 1.29 is 0 Å². The number of hydrogen-bond donors (Lipinski definition) is 1. The van der Waals surface area contributed by atoms with Gasteiger partial charge in [-0.1, -0.05) is 11.8 Å². The number of anilines is 1. The number of aromatic nitrogens is 3. The Hall–Kier alpha value is -2.14. The number of nitrogens with two attached hydrogens (primary N) is 1. The summed E-state index contributed by atoms with van der Waals surface area (Å²) in [5.74, 6) is 0. The minimum absolute atomic E-state index is 0.721. The first kappa shape index (κ1) is 11.0. The third-order valence-corrected chi connectivity index (χ3v) is 3.52. The zero-order chi connectivity index (χ0) is 12.4. The topological polar surface area (TPSA) is 64.7 Å². The van der Waals surface area contributed by atoms with Gasteiger partial charge in [0.25, 0.3) is 0 Å². The standard InChI is InChI=1S/C13H10N4S/c14-9-1-2-10-11(7-9)16-6-3-12(10)18-13-4-5-15-8-17-13/h1-8H,14H2. The van der Waals surface area contributed by atoms with Crippen molar-refractivity contribution in [2.75, 3.05) is 5.73 Å². The molecule has 2 aromatic heterocycles. The lowest BCUT2D eigenvalue weighted by atomic mass is 10.2. The molecule has 2 N–H and O–H groups in total. The molecule has 0 radical (unpaired) electrons. The van der Waals surface area contributed by atoms with Crippen LogP contribution in [-0.2, 0) is 0 Å². The molecule has 88 valence electrons. The van der Waals surface area contributed by atoms with Crippen molar-refractivity contribution in [3.8, 4) is 0 Å². The van der Waals surface area contributed by atoms with Crippen LogP contribution in [-0.4, -0.2) is 15.0 Å². The second kappa shape index (κ2) is 4.62. The van der Waals surface area contributed by atoms with Crippen LogP contribution < -0.4 is 5.73 Å². The molecule has 2 heterocycles. The molecule has 0 saturated heterocycles. The molecule has 3 rings (SSSR count). The van der Waals surface area contributed by atoms with Crippen LogP contribution in [0, 0.1) is 0 Å². The van der Waals surface area contributed by atoms with Crippen LogP contribution in [0.2, 0.25) is 0 Å². The molecular weight excluding hydrogens is 244 g/mol. The summed E-state index contributed by atoms with van der Waals surface area (Å²) < 4.78 is 0. The van der Waals surface area contributed by atoms with Crippen LogP contribution in [0.3, 0.4) is 0 Å². The molecule has 0 aliphatic rings. The van der Waals surface area contributed by atoms with Gasteiger partial charge in [0.05, 0.1) is 5.52 Å². The molecule has 18 heavy (non-hydrogen) atoms. The second-order valence-corrected chi connectivity index (χ2v) is 4.80. The van der Waals surface area contributed by atoms with E-state index in [-0.39, 0.29) is 0 Å². The Kier molecular flexibility index (Phi) is 2.82. The lowest BCUT2D eigenvalue weighted by Crippen LogP contribution is -1.87. The molecule has 5 heteroatoms. The lowest BCUT2D eigenvalue weighted by Gasteiger charge is -2.05. The Morgan fingerprint density at radius 2 is 1.94 bits per heavy atom. The average Bonchev–Trinajstić information content (AvgIpc) is 2.40. The first-order chi connectivity index (χ1) is 8.83. The normalized spacial score (nSPS) is 10.7. The SMILES string of the molecule is Nc1ccc2c(Sc3ccncn3)ccnc2c1. The number of benzene rings is 1. The Morgan fingerprint density at radius 1 is 1.00 bits per heavy atom. The minimum atomic E-state index is 0.721. The number of rotatable bonds is 2. The van der Waals surface area contributed by atoms with Gasteiger partial charge in [-0.25, -0.2) is 9.97 Å². The average molecular weight is 254 g/mol. The van der Waals surface area contributed by atoms with Crippen molar-refractivity contribution in [3.05, 3.63) is 49.1 Å². The molecule has 1 aromatic carbocycles. The van der Waals surface area contributed by atoms with Gasteiger partial charge in [-0.3, -0.25) is 4.98 Å². The maximum absolute atomic E-state index is 5.76. The molecule has 3 aromatic rings.